The predicted molar refractivity (Wildman–Crippen MR) is 73.2 cm³/mol. The van der Waals surface area contributed by atoms with Crippen molar-refractivity contribution in [3.05, 3.63) is 45.9 Å². The molecule has 0 aliphatic rings. The van der Waals surface area contributed by atoms with Crippen LogP contribution in [-0.2, 0) is 10.0 Å². The van der Waals surface area contributed by atoms with Gasteiger partial charge in [-0.25, -0.2) is 17.6 Å². The SMILES string of the molecule is Cc1c(F)cccc1NS(=O)(=O)c1ccsc1C(=O)O. The maximum absolute atomic E-state index is 13.4. The summed E-state index contributed by atoms with van der Waals surface area (Å²) in [5.74, 6) is -1.87. The minimum absolute atomic E-state index is 0.0764. The molecule has 0 aliphatic heterocycles. The summed E-state index contributed by atoms with van der Waals surface area (Å²) < 4.78 is 39.9. The van der Waals surface area contributed by atoms with Crippen LogP contribution < -0.4 is 4.72 Å². The number of hydrogen-bond acceptors (Lipinski definition) is 4. The molecule has 0 atom stereocenters. The van der Waals surface area contributed by atoms with Crippen LogP contribution in [0.15, 0.2) is 34.5 Å². The van der Waals surface area contributed by atoms with Crippen molar-refractivity contribution >= 4 is 33.0 Å². The van der Waals surface area contributed by atoms with Gasteiger partial charge in [-0.15, -0.1) is 11.3 Å². The lowest BCUT2D eigenvalue weighted by atomic mass is 10.2. The average molecular weight is 315 g/mol. The Morgan fingerprint density at radius 2 is 2.05 bits per heavy atom. The van der Waals surface area contributed by atoms with E-state index < -0.39 is 21.8 Å². The number of carboxylic acids is 1. The number of hydrogen-bond donors (Lipinski definition) is 2. The monoisotopic (exact) mass is 315 g/mol. The zero-order chi connectivity index (χ0) is 14.9. The van der Waals surface area contributed by atoms with Crippen LogP contribution in [0.5, 0.6) is 0 Å². The summed E-state index contributed by atoms with van der Waals surface area (Å²) in [5.41, 5.74) is 0.218. The molecule has 1 aromatic carbocycles. The Morgan fingerprint density at radius 3 is 2.70 bits per heavy atom. The largest absolute Gasteiger partial charge is 0.477 e. The van der Waals surface area contributed by atoms with Gasteiger partial charge in [-0.2, -0.15) is 0 Å². The third-order valence-corrected chi connectivity index (χ3v) is 5.06. The molecule has 0 radical (unpaired) electrons. The molecule has 2 aromatic rings. The lowest BCUT2D eigenvalue weighted by molar-refractivity contribution is 0.0698. The Bertz CT molecular complexity index is 768. The van der Waals surface area contributed by atoms with Gasteiger partial charge in [-0.3, -0.25) is 4.72 Å². The molecule has 1 aromatic heterocycles. The fraction of sp³-hybridized carbons (Fsp3) is 0.0833. The van der Waals surface area contributed by atoms with Crippen molar-refractivity contribution in [3.63, 3.8) is 0 Å². The molecule has 0 bridgehead atoms. The summed E-state index contributed by atoms with van der Waals surface area (Å²) in [6.45, 7) is 1.43. The van der Waals surface area contributed by atoms with Crippen molar-refractivity contribution in [1.29, 1.82) is 0 Å². The molecule has 0 fully saturated rings. The molecule has 20 heavy (non-hydrogen) atoms. The first-order valence-corrected chi connectivity index (χ1v) is 7.78. The Kier molecular flexibility index (Phi) is 3.78. The molecule has 8 heteroatoms. The van der Waals surface area contributed by atoms with Gasteiger partial charge < -0.3 is 5.11 Å². The fourth-order valence-corrected chi connectivity index (χ4v) is 3.97. The molecule has 0 saturated heterocycles. The highest BCUT2D eigenvalue weighted by atomic mass is 32.2. The minimum atomic E-state index is -4.07. The zero-order valence-electron chi connectivity index (χ0n) is 10.3. The van der Waals surface area contributed by atoms with Crippen LogP contribution in [0.3, 0.4) is 0 Å². The van der Waals surface area contributed by atoms with Gasteiger partial charge in [0.05, 0.1) is 5.69 Å². The molecule has 0 aliphatic carbocycles. The average Bonchev–Trinajstić information content (AvgIpc) is 2.85. The number of thiophene rings is 1. The number of nitrogens with one attached hydrogen (secondary N) is 1. The molecule has 106 valence electrons. The van der Waals surface area contributed by atoms with Gasteiger partial charge in [0, 0.05) is 5.56 Å². The number of carboxylic acid groups (broad SMARTS) is 1. The van der Waals surface area contributed by atoms with Gasteiger partial charge in [0.1, 0.15) is 15.6 Å². The van der Waals surface area contributed by atoms with E-state index in [-0.39, 0.29) is 21.0 Å². The number of rotatable bonds is 4. The van der Waals surface area contributed by atoms with Crippen LogP contribution in [0.2, 0.25) is 0 Å². The smallest absolute Gasteiger partial charge is 0.347 e. The van der Waals surface area contributed by atoms with E-state index in [1.807, 2.05) is 0 Å². The van der Waals surface area contributed by atoms with E-state index in [2.05, 4.69) is 4.72 Å². The number of benzene rings is 1. The minimum Gasteiger partial charge on any atom is -0.477 e. The number of sulfonamides is 1. The fourth-order valence-electron chi connectivity index (χ4n) is 1.58. The second-order valence-corrected chi connectivity index (χ2v) is 6.50. The van der Waals surface area contributed by atoms with E-state index >= 15 is 0 Å². The molecule has 5 nitrogen and oxygen atoms in total. The molecule has 2 N–H and O–H groups in total. The first kappa shape index (κ1) is 14.5. The van der Waals surface area contributed by atoms with Crippen molar-refractivity contribution in [2.24, 2.45) is 0 Å². The Hall–Kier alpha value is -1.93. The number of anilines is 1. The summed E-state index contributed by atoms with van der Waals surface area (Å²) in [6, 6.07) is 5.18. The van der Waals surface area contributed by atoms with Crippen molar-refractivity contribution in [3.8, 4) is 0 Å². The van der Waals surface area contributed by atoms with Gasteiger partial charge in [0.25, 0.3) is 10.0 Å². The Labute approximate surface area is 118 Å². The third-order valence-electron chi connectivity index (χ3n) is 2.62. The lowest BCUT2D eigenvalue weighted by Crippen LogP contribution is -2.16. The van der Waals surface area contributed by atoms with Crippen LogP contribution in [0.4, 0.5) is 10.1 Å². The summed E-state index contributed by atoms with van der Waals surface area (Å²) in [5, 5.41) is 10.3. The third kappa shape index (κ3) is 2.66. The Balaban J connectivity index is 2.44. The quantitative estimate of drug-likeness (QED) is 0.908. The standard InChI is InChI=1S/C12H10FNO4S2/c1-7-8(13)3-2-4-9(7)14-20(17,18)10-5-6-19-11(10)12(15)16/h2-6,14H,1H3,(H,15,16). The lowest BCUT2D eigenvalue weighted by Gasteiger charge is -2.10. The van der Waals surface area contributed by atoms with Crippen molar-refractivity contribution in [2.75, 3.05) is 4.72 Å². The second-order valence-electron chi connectivity index (χ2n) is 3.94. The summed E-state index contributed by atoms with van der Waals surface area (Å²) >= 11 is 0.810. The molecule has 2 rings (SSSR count). The van der Waals surface area contributed by atoms with E-state index in [4.69, 9.17) is 5.11 Å². The van der Waals surface area contributed by atoms with Gasteiger partial charge in [0.15, 0.2) is 0 Å². The van der Waals surface area contributed by atoms with Gasteiger partial charge in [0.2, 0.25) is 0 Å². The Morgan fingerprint density at radius 1 is 1.35 bits per heavy atom. The van der Waals surface area contributed by atoms with Gasteiger partial charge in [-0.05, 0) is 30.5 Å². The van der Waals surface area contributed by atoms with Crippen molar-refractivity contribution in [2.45, 2.75) is 11.8 Å². The number of aromatic carboxylic acids is 1. The highest BCUT2D eigenvalue weighted by Gasteiger charge is 2.24. The van der Waals surface area contributed by atoms with Crippen molar-refractivity contribution < 1.29 is 22.7 Å². The number of halogens is 1. The van der Waals surface area contributed by atoms with Crippen LogP contribution in [0.25, 0.3) is 0 Å². The molecular formula is C12H10FNO4S2. The van der Waals surface area contributed by atoms with Crippen LogP contribution in [0, 0.1) is 12.7 Å². The van der Waals surface area contributed by atoms with Crippen LogP contribution in [0.1, 0.15) is 15.2 Å². The summed E-state index contributed by atoms with van der Waals surface area (Å²) in [6.07, 6.45) is 0. The second kappa shape index (κ2) is 5.22. The van der Waals surface area contributed by atoms with Crippen LogP contribution >= 0.6 is 11.3 Å². The van der Waals surface area contributed by atoms with E-state index in [0.29, 0.717) is 0 Å². The molecule has 0 spiro atoms. The predicted octanol–water partition coefficient (Wildman–Crippen LogP) is 2.69. The van der Waals surface area contributed by atoms with Gasteiger partial charge in [-0.1, -0.05) is 6.07 Å². The maximum atomic E-state index is 13.4. The number of carbonyl (C=O) groups is 1. The normalized spacial score (nSPS) is 11.3. The maximum Gasteiger partial charge on any atom is 0.347 e. The highest BCUT2D eigenvalue weighted by Crippen LogP contribution is 2.26. The first-order chi connectivity index (χ1) is 9.33. The van der Waals surface area contributed by atoms with E-state index in [9.17, 15) is 17.6 Å². The van der Waals surface area contributed by atoms with Crippen LogP contribution in [-0.4, -0.2) is 19.5 Å². The first-order valence-electron chi connectivity index (χ1n) is 5.41. The van der Waals surface area contributed by atoms with Gasteiger partial charge >= 0.3 is 5.97 Å². The topological polar surface area (TPSA) is 83.5 Å². The van der Waals surface area contributed by atoms with E-state index in [1.54, 1.807) is 0 Å². The van der Waals surface area contributed by atoms with E-state index in [1.165, 1.54) is 36.6 Å². The summed E-state index contributed by atoms with van der Waals surface area (Å²) in [7, 11) is -4.07. The molecule has 0 amide bonds. The molecule has 0 unspecified atom stereocenters. The molecule has 0 saturated carbocycles. The zero-order valence-corrected chi connectivity index (χ0v) is 11.9. The van der Waals surface area contributed by atoms with Crippen molar-refractivity contribution in [1.82, 2.24) is 0 Å². The summed E-state index contributed by atoms with van der Waals surface area (Å²) in [4.78, 5) is 10.3. The van der Waals surface area contributed by atoms with E-state index in [0.717, 1.165) is 11.3 Å². The molecular weight excluding hydrogens is 305 g/mol. The highest BCUT2D eigenvalue weighted by molar-refractivity contribution is 7.93. The molecule has 1 heterocycles.